The minimum Gasteiger partial charge on any atom is -0.413 e. The Morgan fingerprint density at radius 3 is 1.62 bits per heavy atom. The fourth-order valence-corrected chi connectivity index (χ4v) is 10.1. The first-order valence-corrected chi connectivity index (χ1v) is 13.8. The largest absolute Gasteiger partial charge is 0.413 e. The van der Waals surface area contributed by atoms with E-state index < -0.39 is 16.6 Å². The highest BCUT2D eigenvalue weighted by molar-refractivity contribution is 6.77. The molecule has 0 heterocycles. The molecule has 0 aliphatic carbocycles. The van der Waals surface area contributed by atoms with Gasteiger partial charge in [0, 0.05) is 6.42 Å². The van der Waals surface area contributed by atoms with Gasteiger partial charge in [-0.05, 0) is 36.3 Å². The van der Waals surface area contributed by atoms with Crippen LogP contribution in [0.5, 0.6) is 0 Å². The van der Waals surface area contributed by atoms with Gasteiger partial charge in [0.15, 0.2) is 16.6 Å². The number of carbonyl (C=O) groups is 1. The Morgan fingerprint density at radius 2 is 1.33 bits per heavy atom. The van der Waals surface area contributed by atoms with Crippen molar-refractivity contribution in [2.24, 2.45) is 0 Å². The fourth-order valence-electron chi connectivity index (χ4n) is 3.49. The van der Waals surface area contributed by atoms with E-state index in [1.54, 1.807) is 0 Å². The summed E-state index contributed by atoms with van der Waals surface area (Å²) in [6.45, 7) is 20.7. The lowest BCUT2D eigenvalue weighted by Gasteiger charge is -2.43. The summed E-state index contributed by atoms with van der Waals surface area (Å²) < 4.78 is 12.7. The second kappa shape index (κ2) is 8.60. The molecule has 0 bridgehead atoms. The second-order valence-corrected chi connectivity index (χ2v) is 17.8. The molecule has 0 amide bonds. The van der Waals surface area contributed by atoms with Crippen molar-refractivity contribution in [3.05, 3.63) is 0 Å². The standard InChI is InChI=1S/C16H36O3Si2/c1-13(2)21(14(3)4,15(5)6)18-12-16(10-11-17)19-20(7,8)9/h11,13-16H,10,12H2,1-9H3/t16-/m1/s1. The highest BCUT2D eigenvalue weighted by atomic mass is 28.4. The van der Waals surface area contributed by atoms with Gasteiger partial charge in [-0.3, -0.25) is 0 Å². The van der Waals surface area contributed by atoms with Crippen molar-refractivity contribution in [2.45, 2.75) is 90.3 Å². The first-order chi connectivity index (χ1) is 9.47. The van der Waals surface area contributed by atoms with Crippen LogP contribution in [-0.2, 0) is 13.6 Å². The lowest BCUT2D eigenvalue weighted by atomic mass is 10.3. The van der Waals surface area contributed by atoms with Crippen molar-refractivity contribution in [2.75, 3.05) is 6.61 Å². The zero-order chi connectivity index (χ0) is 16.8. The molecule has 0 aliphatic heterocycles. The van der Waals surface area contributed by atoms with Crippen molar-refractivity contribution in [1.29, 1.82) is 0 Å². The molecular weight excluding hydrogens is 296 g/mol. The predicted molar refractivity (Wildman–Crippen MR) is 95.9 cm³/mol. The van der Waals surface area contributed by atoms with Crippen molar-refractivity contribution in [3.8, 4) is 0 Å². The van der Waals surface area contributed by atoms with Gasteiger partial charge in [-0.15, -0.1) is 0 Å². The van der Waals surface area contributed by atoms with Crippen LogP contribution >= 0.6 is 0 Å². The Kier molecular flexibility index (Phi) is 8.61. The Morgan fingerprint density at radius 1 is 0.905 bits per heavy atom. The van der Waals surface area contributed by atoms with E-state index >= 15 is 0 Å². The van der Waals surface area contributed by atoms with Gasteiger partial charge in [0.1, 0.15) is 6.29 Å². The summed E-state index contributed by atoms with van der Waals surface area (Å²) in [5.74, 6) is 0. The minimum atomic E-state index is -1.88. The molecule has 0 saturated carbocycles. The van der Waals surface area contributed by atoms with Gasteiger partial charge in [0.05, 0.1) is 12.7 Å². The average Bonchev–Trinajstić information content (AvgIpc) is 2.26. The molecule has 0 aromatic heterocycles. The summed E-state index contributed by atoms with van der Waals surface area (Å²) in [7, 11) is -3.53. The molecule has 126 valence electrons. The number of aldehydes is 1. The lowest BCUT2D eigenvalue weighted by Crippen LogP contribution is -2.50. The molecule has 0 N–H and O–H groups in total. The molecule has 0 unspecified atom stereocenters. The van der Waals surface area contributed by atoms with Crippen LogP contribution in [0, 0.1) is 0 Å². The molecular formula is C16H36O3Si2. The average molecular weight is 333 g/mol. The van der Waals surface area contributed by atoms with Crippen LogP contribution in [-0.4, -0.2) is 35.6 Å². The number of hydrogen-bond acceptors (Lipinski definition) is 3. The van der Waals surface area contributed by atoms with Crippen molar-refractivity contribution in [3.63, 3.8) is 0 Å². The van der Waals surface area contributed by atoms with Crippen molar-refractivity contribution in [1.82, 2.24) is 0 Å². The second-order valence-electron chi connectivity index (χ2n) is 7.88. The first-order valence-electron chi connectivity index (χ1n) is 8.22. The Labute approximate surface area is 134 Å². The van der Waals surface area contributed by atoms with E-state index in [9.17, 15) is 4.79 Å². The van der Waals surface area contributed by atoms with Gasteiger partial charge < -0.3 is 13.6 Å². The van der Waals surface area contributed by atoms with Crippen LogP contribution in [0.4, 0.5) is 0 Å². The molecule has 0 saturated heterocycles. The molecule has 0 fully saturated rings. The zero-order valence-corrected chi connectivity index (χ0v) is 17.5. The van der Waals surface area contributed by atoms with Crippen LogP contribution in [0.25, 0.3) is 0 Å². The summed E-state index contributed by atoms with van der Waals surface area (Å²) in [6.07, 6.45) is 1.30. The van der Waals surface area contributed by atoms with E-state index in [1.807, 2.05) is 0 Å². The van der Waals surface area contributed by atoms with Crippen LogP contribution in [0.2, 0.25) is 36.3 Å². The van der Waals surface area contributed by atoms with E-state index in [0.29, 0.717) is 29.7 Å². The van der Waals surface area contributed by atoms with Gasteiger partial charge in [0.25, 0.3) is 0 Å². The fraction of sp³-hybridized carbons (Fsp3) is 0.938. The van der Waals surface area contributed by atoms with E-state index in [-0.39, 0.29) is 6.10 Å². The molecule has 0 aromatic carbocycles. The number of hydrogen-bond donors (Lipinski definition) is 0. The van der Waals surface area contributed by atoms with Gasteiger partial charge in [-0.1, -0.05) is 41.5 Å². The molecule has 0 radical (unpaired) electrons. The summed E-state index contributed by atoms with van der Waals surface area (Å²) >= 11 is 0. The third-order valence-corrected chi connectivity index (χ3v) is 11.2. The third-order valence-electron chi connectivity index (χ3n) is 4.11. The zero-order valence-electron chi connectivity index (χ0n) is 15.5. The first kappa shape index (κ1) is 21.0. The van der Waals surface area contributed by atoms with Gasteiger partial charge >= 0.3 is 0 Å². The van der Waals surface area contributed by atoms with Crippen molar-refractivity contribution >= 4 is 22.9 Å². The molecule has 0 aromatic rings. The third kappa shape index (κ3) is 6.34. The van der Waals surface area contributed by atoms with E-state index in [0.717, 1.165) is 6.29 Å². The summed E-state index contributed by atoms with van der Waals surface area (Å²) in [6, 6.07) is 0. The molecule has 1 atom stereocenters. The maximum Gasteiger partial charge on any atom is 0.200 e. The van der Waals surface area contributed by atoms with Crippen LogP contribution in [0.15, 0.2) is 0 Å². The van der Waals surface area contributed by atoms with E-state index in [2.05, 4.69) is 61.2 Å². The van der Waals surface area contributed by atoms with Crippen LogP contribution in [0.3, 0.4) is 0 Å². The van der Waals surface area contributed by atoms with Crippen LogP contribution in [0.1, 0.15) is 48.0 Å². The van der Waals surface area contributed by atoms with Gasteiger partial charge in [-0.25, -0.2) is 0 Å². The molecule has 5 heteroatoms. The topological polar surface area (TPSA) is 35.5 Å². The molecule has 0 spiro atoms. The monoisotopic (exact) mass is 332 g/mol. The Balaban J connectivity index is 5.04. The normalized spacial score (nSPS) is 15.0. The minimum absolute atomic E-state index is 0.0858. The molecule has 0 rings (SSSR count). The highest BCUT2D eigenvalue weighted by Gasteiger charge is 2.45. The maximum atomic E-state index is 10.9. The smallest absolute Gasteiger partial charge is 0.200 e. The van der Waals surface area contributed by atoms with E-state index in [1.165, 1.54) is 0 Å². The predicted octanol–water partition coefficient (Wildman–Crippen LogP) is 4.99. The van der Waals surface area contributed by atoms with Crippen molar-refractivity contribution < 1.29 is 13.6 Å². The number of carbonyl (C=O) groups excluding carboxylic acids is 1. The number of rotatable bonds is 10. The SMILES string of the molecule is CC(C)[Si](OC[C@@H](CC=O)O[Si](C)(C)C)(C(C)C)C(C)C. The molecule has 21 heavy (non-hydrogen) atoms. The summed E-state index contributed by atoms with van der Waals surface area (Å²) in [4.78, 5) is 10.9. The maximum absolute atomic E-state index is 10.9. The lowest BCUT2D eigenvalue weighted by molar-refractivity contribution is -0.109. The van der Waals surface area contributed by atoms with Gasteiger partial charge in [0.2, 0.25) is 0 Å². The van der Waals surface area contributed by atoms with Gasteiger partial charge in [-0.2, -0.15) is 0 Å². The van der Waals surface area contributed by atoms with E-state index in [4.69, 9.17) is 8.85 Å². The molecule has 3 nitrogen and oxygen atoms in total. The van der Waals surface area contributed by atoms with Crippen LogP contribution < -0.4 is 0 Å². The highest BCUT2D eigenvalue weighted by Crippen LogP contribution is 2.42. The molecule has 0 aliphatic rings. The Hall–Kier alpha value is 0.0238. The Bertz CT molecular complexity index is 287. The quantitative estimate of drug-likeness (QED) is 0.418. The summed E-state index contributed by atoms with van der Waals surface area (Å²) in [5, 5.41) is 0. The summed E-state index contributed by atoms with van der Waals surface area (Å²) in [5.41, 5.74) is 1.67.